The van der Waals surface area contributed by atoms with Gasteiger partial charge in [-0.2, -0.15) is 0 Å². The number of methoxy groups -OCH3 is 1. The summed E-state index contributed by atoms with van der Waals surface area (Å²) in [6.07, 6.45) is 3.57. The smallest absolute Gasteiger partial charge is 0.0827 e. The maximum atomic E-state index is 9.89. The van der Waals surface area contributed by atoms with E-state index in [1.54, 1.807) is 7.11 Å². The van der Waals surface area contributed by atoms with Gasteiger partial charge in [0.05, 0.1) is 25.9 Å². The standard InChI is InChI=1S/C13H23NO3/c1-11(2)13(15)12-4-5-14(10-12)6-7-17-9-8-16-3/h4-5,10-11,13,15H,6-9H2,1-3H3. The molecular weight excluding hydrogens is 218 g/mol. The quantitative estimate of drug-likeness (QED) is 0.706. The van der Waals surface area contributed by atoms with Crippen molar-refractivity contribution in [2.75, 3.05) is 26.9 Å². The number of rotatable bonds is 8. The van der Waals surface area contributed by atoms with E-state index in [-0.39, 0.29) is 12.0 Å². The van der Waals surface area contributed by atoms with Gasteiger partial charge in [-0.3, -0.25) is 0 Å². The van der Waals surface area contributed by atoms with Gasteiger partial charge in [-0.15, -0.1) is 0 Å². The molecule has 0 saturated carbocycles. The largest absolute Gasteiger partial charge is 0.388 e. The molecule has 1 aromatic rings. The average Bonchev–Trinajstić information content (AvgIpc) is 2.76. The summed E-state index contributed by atoms with van der Waals surface area (Å²) < 4.78 is 12.3. The van der Waals surface area contributed by atoms with Gasteiger partial charge < -0.3 is 19.1 Å². The first-order chi connectivity index (χ1) is 8.15. The lowest BCUT2D eigenvalue weighted by molar-refractivity contribution is 0.0665. The Labute approximate surface area is 103 Å². The Morgan fingerprint density at radius 1 is 1.29 bits per heavy atom. The molecule has 1 aromatic heterocycles. The van der Waals surface area contributed by atoms with Gasteiger partial charge in [0.25, 0.3) is 0 Å². The zero-order chi connectivity index (χ0) is 12.7. The number of aliphatic hydroxyl groups excluding tert-OH is 1. The molecule has 0 aliphatic carbocycles. The number of aromatic nitrogens is 1. The van der Waals surface area contributed by atoms with E-state index >= 15 is 0 Å². The van der Waals surface area contributed by atoms with Crippen LogP contribution in [0.3, 0.4) is 0 Å². The Hall–Kier alpha value is -0.840. The highest BCUT2D eigenvalue weighted by atomic mass is 16.5. The fourth-order valence-corrected chi connectivity index (χ4v) is 1.57. The normalized spacial score (nSPS) is 13.2. The molecule has 4 nitrogen and oxygen atoms in total. The van der Waals surface area contributed by atoms with Crippen molar-refractivity contribution in [3.8, 4) is 0 Å². The summed E-state index contributed by atoms with van der Waals surface area (Å²) in [5.41, 5.74) is 0.969. The van der Waals surface area contributed by atoms with Crippen LogP contribution in [-0.4, -0.2) is 36.6 Å². The third-order valence-corrected chi connectivity index (χ3v) is 2.67. The molecule has 0 aromatic carbocycles. The van der Waals surface area contributed by atoms with Crippen LogP contribution in [-0.2, 0) is 16.0 Å². The molecule has 1 heterocycles. The molecule has 4 heteroatoms. The average molecular weight is 241 g/mol. The Morgan fingerprint density at radius 3 is 2.71 bits per heavy atom. The van der Waals surface area contributed by atoms with Crippen molar-refractivity contribution in [3.63, 3.8) is 0 Å². The first-order valence-electron chi connectivity index (χ1n) is 6.05. The second-order valence-electron chi connectivity index (χ2n) is 4.48. The van der Waals surface area contributed by atoms with Crippen LogP contribution in [0.1, 0.15) is 25.5 Å². The van der Waals surface area contributed by atoms with Crippen LogP contribution >= 0.6 is 0 Å². The molecular formula is C13H23NO3. The molecule has 17 heavy (non-hydrogen) atoms. The highest BCUT2D eigenvalue weighted by Gasteiger charge is 2.12. The van der Waals surface area contributed by atoms with Crippen molar-refractivity contribution in [2.24, 2.45) is 5.92 Å². The second kappa shape index (κ2) is 7.48. The van der Waals surface area contributed by atoms with Crippen molar-refractivity contribution in [3.05, 3.63) is 24.0 Å². The van der Waals surface area contributed by atoms with Crippen molar-refractivity contribution >= 4 is 0 Å². The van der Waals surface area contributed by atoms with Crippen LogP contribution in [0.25, 0.3) is 0 Å². The van der Waals surface area contributed by atoms with Gasteiger partial charge in [0.2, 0.25) is 0 Å². The van der Waals surface area contributed by atoms with Gasteiger partial charge in [0.15, 0.2) is 0 Å². The lowest BCUT2D eigenvalue weighted by Crippen LogP contribution is -2.08. The van der Waals surface area contributed by atoms with Crippen LogP contribution in [0.15, 0.2) is 18.5 Å². The maximum absolute atomic E-state index is 9.89. The van der Waals surface area contributed by atoms with E-state index < -0.39 is 0 Å². The van der Waals surface area contributed by atoms with Crippen LogP contribution in [0, 0.1) is 5.92 Å². The van der Waals surface area contributed by atoms with Crippen molar-refractivity contribution < 1.29 is 14.6 Å². The molecule has 98 valence electrons. The van der Waals surface area contributed by atoms with Gasteiger partial charge in [0, 0.05) is 26.0 Å². The minimum absolute atomic E-state index is 0.240. The summed E-state index contributed by atoms with van der Waals surface area (Å²) in [6, 6.07) is 1.96. The van der Waals surface area contributed by atoms with Crippen LogP contribution in [0.4, 0.5) is 0 Å². The molecule has 0 saturated heterocycles. The summed E-state index contributed by atoms with van der Waals surface area (Å²) in [4.78, 5) is 0. The van der Waals surface area contributed by atoms with Gasteiger partial charge in [-0.25, -0.2) is 0 Å². The van der Waals surface area contributed by atoms with Crippen LogP contribution in [0.2, 0.25) is 0 Å². The molecule has 0 amide bonds. The lowest BCUT2D eigenvalue weighted by atomic mass is 10.0. The van der Waals surface area contributed by atoms with E-state index in [1.165, 1.54) is 0 Å². The minimum atomic E-state index is -0.384. The molecule has 0 aliphatic heterocycles. The fraction of sp³-hybridized carbons (Fsp3) is 0.692. The zero-order valence-electron chi connectivity index (χ0n) is 10.9. The Balaban J connectivity index is 2.31. The first kappa shape index (κ1) is 14.2. The summed E-state index contributed by atoms with van der Waals surface area (Å²) in [5.74, 6) is 0.240. The van der Waals surface area contributed by atoms with E-state index in [1.807, 2.05) is 36.9 Å². The zero-order valence-corrected chi connectivity index (χ0v) is 10.9. The van der Waals surface area contributed by atoms with Crippen molar-refractivity contribution in [1.82, 2.24) is 4.57 Å². The number of ether oxygens (including phenoxy) is 2. The molecule has 1 unspecified atom stereocenters. The van der Waals surface area contributed by atoms with E-state index in [0.717, 1.165) is 12.1 Å². The third kappa shape index (κ3) is 4.89. The van der Waals surface area contributed by atoms with Crippen LogP contribution in [0.5, 0.6) is 0 Å². The molecule has 1 atom stereocenters. The summed E-state index contributed by atoms with van der Waals surface area (Å²) in [5, 5.41) is 9.89. The number of hydrogen-bond donors (Lipinski definition) is 1. The number of aliphatic hydroxyl groups is 1. The molecule has 0 aliphatic rings. The Bertz CT molecular complexity index is 309. The second-order valence-corrected chi connectivity index (χ2v) is 4.48. The van der Waals surface area contributed by atoms with E-state index in [0.29, 0.717) is 19.8 Å². The van der Waals surface area contributed by atoms with Gasteiger partial charge in [-0.05, 0) is 17.5 Å². The lowest BCUT2D eigenvalue weighted by Gasteiger charge is -2.12. The van der Waals surface area contributed by atoms with E-state index in [4.69, 9.17) is 9.47 Å². The Kier molecular flexibility index (Phi) is 6.26. The highest BCUT2D eigenvalue weighted by Crippen LogP contribution is 2.21. The molecule has 1 rings (SSSR count). The molecule has 0 radical (unpaired) electrons. The maximum Gasteiger partial charge on any atom is 0.0827 e. The molecule has 0 fully saturated rings. The summed E-state index contributed by atoms with van der Waals surface area (Å²) in [6.45, 7) is 6.73. The van der Waals surface area contributed by atoms with Crippen LogP contribution < -0.4 is 0 Å². The predicted octanol–water partition coefficient (Wildman–Crippen LogP) is 1.84. The number of hydrogen-bond acceptors (Lipinski definition) is 3. The van der Waals surface area contributed by atoms with E-state index in [2.05, 4.69) is 0 Å². The SMILES string of the molecule is COCCOCCn1ccc(C(O)C(C)C)c1. The van der Waals surface area contributed by atoms with Crippen molar-refractivity contribution in [1.29, 1.82) is 0 Å². The van der Waals surface area contributed by atoms with E-state index in [9.17, 15) is 5.11 Å². The van der Waals surface area contributed by atoms with Gasteiger partial charge in [0.1, 0.15) is 0 Å². The third-order valence-electron chi connectivity index (χ3n) is 2.67. The predicted molar refractivity (Wildman–Crippen MR) is 66.9 cm³/mol. The monoisotopic (exact) mass is 241 g/mol. The molecule has 0 spiro atoms. The summed E-state index contributed by atoms with van der Waals surface area (Å²) >= 11 is 0. The fourth-order valence-electron chi connectivity index (χ4n) is 1.57. The number of nitrogens with zero attached hydrogens (tertiary/aromatic N) is 1. The Morgan fingerprint density at radius 2 is 2.06 bits per heavy atom. The van der Waals surface area contributed by atoms with Gasteiger partial charge in [-0.1, -0.05) is 13.8 Å². The summed E-state index contributed by atoms with van der Waals surface area (Å²) in [7, 11) is 1.66. The molecule has 0 bridgehead atoms. The molecule has 1 N–H and O–H groups in total. The highest BCUT2D eigenvalue weighted by molar-refractivity contribution is 5.14. The topological polar surface area (TPSA) is 43.6 Å². The first-order valence-corrected chi connectivity index (χ1v) is 6.05. The van der Waals surface area contributed by atoms with Crippen molar-refractivity contribution in [2.45, 2.75) is 26.5 Å². The minimum Gasteiger partial charge on any atom is -0.388 e. The van der Waals surface area contributed by atoms with Gasteiger partial charge >= 0.3 is 0 Å².